The van der Waals surface area contributed by atoms with Crippen molar-refractivity contribution in [3.05, 3.63) is 23.4 Å². The lowest BCUT2D eigenvalue weighted by Crippen LogP contribution is -2.12. The van der Waals surface area contributed by atoms with Crippen LogP contribution < -0.4 is 11.1 Å². The van der Waals surface area contributed by atoms with Gasteiger partial charge >= 0.3 is 0 Å². The zero-order valence-electron chi connectivity index (χ0n) is 8.50. The van der Waals surface area contributed by atoms with Gasteiger partial charge in [0.1, 0.15) is 5.82 Å². The second-order valence-corrected chi connectivity index (χ2v) is 3.10. The van der Waals surface area contributed by atoms with Crippen LogP contribution in [0.25, 0.3) is 0 Å². The third kappa shape index (κ3) is 2.45. The van der Waals surface area contributed by atoms with Crippen LogP contribution in [0.2, 0.25) is 0 Å². The number of pyridine rings is 1. The van der Waals surface area contributed by atoms with E-state index in [4.69, 9.17) is 5.73 Å². The van der Waals surface area contributed by atoms with Crippen LogP contribution >= 0.6 is 0 Å². The van der Waals surface area contributed by atoms with Crippen LogP contribution in [0.1, 0.15) is 29.4 Å². The lowest BCUT2D eigenvalue weighted by atomic mass is 10.1. The van der Waals surface area contributed by atoms with Crippen LogP contribution in [-0.4, -0.2) is 17.9 Å². The number of rotatable bonds is 4. The van der Waals surface area contributed by atoms with E-state index in [-0.39, 0.29) is 0 Å². The fourth-order valence-corrected chi connectivity index (χ4v) is 1.24. The Balaban J connectivity index is 3.06. The van der Waals surface area contributed by atoms with E-state index in [0.717, 1.165) is 18.5 Å². The Bertz CT molecular complexity index is 336. The first-order chi connectivity index (χ1) is 6.67. The van der Waals surface area contributed by atoms with E-state index in [1.54, 1.807) is 19.2 Å². The van der Waals surface area contributed by atoms with Crippen LogP contribution in [0.3, 0.4) is 0 Å². The Kier molecular flexibility index (Phi) is 3.45. The molecule has 0 aromatic carbocycles. The van der Waals surface area contributed by atoms with E-state index in [2.05, 4.69) is 17.2 Å². The van der Waals surface area contributed by atoms with E-state index in [1.807, 2.05) is 0 Å². The number of amides is 1. The molecule has 0 atom stereocenters. The van der Waals surface area contributed by atoms with Crippen molar-refractivity contribution in [2.24, 2.45) is 5.73 Å². The summed E-state index contributed by atoms with van der Waals surface area (Å²) in [6.07, 6.45) is 1.86. The molecule has 1 rings (SSSR count). The monoisotopic (exact) mass is 193 g/mol. The number of hydrogen-bond donors (Lipinski definition) is 2. The van der Waals surface area contributed by atoms with Crippen LogP contribution in [0.5, 0.6) is 0 Å². The Labute approximate surface area is 83.5 Å². The van der Waals surface area contributed by atoms with Crippen molar-refractivity contribution in [1.82, 2.24) is 4.98 Å². The van der Waals surface area contributed by atoms with Gasteiger partial charge in [0.2, 0.25) is 5.91 Å². The lowest BCUT2D eigenvalue weighted by molar-refractivity contribution is 0.1000. The number of carbonyl (C=O) groups is 1. The molecule has 3 N–H and O–H groups in total. The molecular formula is C10H15N3O. The predicted octanol–water partition coefficient (Wildman–Crippen LogP) is 1.17. The van der Waals surface area contributed by atoms with Gasteiger partial charge in [0.15, 0.2) is 0 Å². The Morgan fingerprint density at radius 3 is 2.79 bits per heavy atom. The topological polar surface area (TPSA) is 68.0 Å². The molecule has 0 bridgehead atoms. The van der Waals surface area contributed by atoms with Gasteiger partial charge in [-0.15, -0.1) is 0 Å². The SMILES string of the molecule is CCCc1cc(C(N)=O)cc(NC)n1. The molecule has 0 aliphatic rings. The molecule has 0 unspecified atom stereocenters. The number of carbonyl (C=O) groups excluding carboxylic acids is 1. The summed E-state index contributed by atoms with van der Waals surface area (Å²) in [6, 6.07) is 3.40. The number of aryl methyl sites for hydroxylation is 1. The third-order valence-electron chi connectivity index (χ3n) is 1.93. The van der Waals surface area contributed by atoms with E-state index in [1.165, 1.54) is 0 Å². The number of nitrogens with one attached hydrogen (secondary N) is 1. The highest BCUT2D eigenvalue weighted by Crippen LogP contribution is 2.11. The Morgan fingerprint density at radius 1 is 1.57 bits per heavy atom. The quantitative estimate of drug-likeness (QED) is 0.754. The maximum absolute atomic E-state index is 11.0. The van der Waals surface area contributed by atoms with E-state index in [0.29, 0.717) is 11.4 Å². The van der Waals surface area contributed by atoms with Gasteiger partial charge in [0.05, 0.1) is 0 Å². The van der Waals surface area contributed by atoms with Gasteiger partial charge in [-0.25, -0.2) is 4.98 Å². The standard InChI is InChI=1S/C10H15N3O/c1-3-4-8-5-7(10(11)14)6-9(12-2)13-8/h5-6H,3-4H2,1-2H3,(H2,11,14)(H,12,13). The van der Waals surface area contributed by atoms with E-state index < -0.39 is 5.91 Å². The van der Waals surface area contributed by atoms with Gasteiger partial charge in [-0.05, 0) is 18.6 Å². The van der Waals surface area contributed by atoms with Gasteiger partial charge in [0.25, 0.3) is 0 Å². The van der Waals surface area contributed by atoms with Crippen molar-refractivity contribution in [3.8, 4) is 0 Å². The second-order valence-electron chi connectivity index (χ2n) is 3.10. The highest BCUT2D eigenvalue weighted by atomic mass is 16.1. The normalized spacial score (nSPS) is 9.86. The molecule has 0 radical (unpaired) electrons. The summed E-state index contributed by atoms with van der Waals surface area (Å²) in [5.41, 5.74) is 6.61. The van der Waals surface area contributed by atoms with Crippen LogP contribution in [0, 0.1) is 0 Å². The molecule has 0 aliphatic heterocycles. The largest absolute Gasteiger partial charge is 0.373 e. The molecule has 0 saturated carbocycles. The number of aromatic nitrogens is 1. The molecule has 14 heavy (non-hydrogen) atoms. The lowest BCUT2D eigenvalue weighted by Gasteiger charge is -2.05. The summed E-state index contributed by atoms with van der Waals surface area (Å²) >= 11 is 0. The predicted molar refractivity (Wildman–Crippen MR) is 56.3 cm³/mol. The summed E-state index contributed by atoms with van der Waals surface area (Å²) in [7, 11) is 1.77. The fourth-order valence-electron chi connectivity index (χ4n) is 1.24. The number of primary amides is 1. The molecule has 4 nitrogen and oxygen atoms in total. The highest BCUT2D eigenvalue weighted by molar-refractivity contribution is 5.93. The molecule has 0 fully saturated rings. The molecule has 0 spiro atoms. The molecule has 4 heteroatoms. The zero-order chi connectivity index (χ0) is 10.6. The molecular weight excluding hydrogens is 178 g/mol. The van der Waals surface area contributed by atoms with E-state index >= 15 is 0 Å². The number of nitrogens with zero attached hydrogens (tertiary/aromatic N) is 1. The fraction of sp³-hybridized carbons (Fsp3) is 0.400. The summed E-state index contributed by atoms with van der Waals surface area (Å²) in [5, 5.41) is 2.90. The van der Waals surface area contributed by atoms with Crippen molar-refractivity contribution in [2.45, 2.75) is 19.8 Å². The van der Waals surface area contributed by atoms with Crippen molar-refractivity contribution >= 4 is 11.7 Å². The van der Waals surface area contributed by atoms with Gasteiger partial charge in [-0.1, -0.05) is 13.3 Å². The van der Waals surface area contributed by atoms with Crippen molar-refractivity contribution in [3.63, 3.8) is 0 Å². The first-order valence-corrected chi connectivity index (χ1v) is 4.66. The summed E-state index contributed by atoms with van der Waals surface area (Å²) < 4.78 is 0. The molecule has 1 amide bonds. The van der Waals surface area contributed by atoms with Crippen LogP contribution in [0.15, 0.2) is 12.1 Å². The smallest absolute Gasteiger partial charge is 0.248 e. The van der Waals surface area contributed by atoms with Crippen molar-refractivity contribution in [2.75, 3.05) is 12.4 Å². The number of nitrogens with two attached hydrogens (primary N) is 1. The average Bonchev–Trinajstić information content (AvgIpc) is 2.17. The summed E-state index contributed by atoms with van der Waals surface area (Å²) in [4.78, 5) is 15.3. The molecule has 0 saturated heterocycles. The van der Waals surface area contributed by atoms with Gasteiger partial charge in [-0.2, -0.15) is 0 Å². The zero-order valence-corrected chi connectivity index (χ0v) is 8.50. The molecule has 1 aromatic rings. The third-order valence-corrected chi connectivity index (χ3v) is 1.93. The van der Waals surface area contributed by atoms with Crippen LogP contribution in [0.4, 0.5) is 5.82 Å². The maximum Gasteiger partial charge on any atom is 0.248 e. The minimum absolute atomic E-state index is 0.416. The van der Waals surface area contributed by atoms with Gasteiger partial charge in [0, 0.05) is 18.3 Å². The summed E-state index contributed by atoms with van der Waals surface area (Å²) in [6.45, 7) is 2.07. The maximum atomic E-state index is 11.0. The van der Waals surface area contributed by atoms with Gasteiger partial charge in [-0.3, -0.25) is 4.79 Å². The average molecular weight is 193 g/mol. The molecule has 1 aromatic heterocycles. The number of hydrogen-bond acceptors (Lipinski definition) is 3. The minimum atomic E-state index is -0.416. The van der Waals surface area contributed by atoms with Crippen LogP contribution in [-0.2, 0) is 6.42 Å². The van der Waals surface area contributed by atoms with Gasteiger partial charge < -0.3 is 11.1 Å². The highest BCUT2D eigenvalue weighted by Gasteiger charge is 2.05. The second kappa shape index (κ2) is 4.60. The van der Waals surface area contributed by atoms with Crippen molar-refractivity contribution < 1.29 is 4.79 Å². The first-order valence-electron chi connectivity index (χ1n) is 4.66. The molecule has 1 heterocycles. The molecule has 0 aliphatic carbocycles. The summed E-state index contributed by atoms with van der Waals surface area (Å²) in [5.74, 6) is 0.269. The molecule has 76 valence electrons. The Morgan fingerprint density at radius 2 is 2.29 bits per heavy atom. The minimum Gasteiger partial charge on any atom is -0.373 e. The van der Waals surface area contributed by atoms with E-state index in [9.17, 15) is 4.79 Å². The Hall–Kier alpha value is -1.58. The number of anilines is 1. The van der Waals surface area contributed by atoms with Crippen molar-refractivity contribution in [1.29, 1.82) is 0 Å². The first kappa shape index (κ1) is 10.5.